The minimum atomic E-state index is -0.519. The average molecular weight is 414 g/mol. The summed E-state index contributed by atoms with van der Waals surface area (Å²) in [6.45, 7) is 1.98. The molecular formula is C17H16FIO3. The van der Waals surface area contributed by atoms with Gasteiger partial charge < -0.3 is 9.47 Å². The van der Waals surface area contributed by atoms with Gasteiger partial charge in [-0.15, -0.1) is 0 Å². The van der Waals surface area contributed by atoms with E-state index in [9.17, 15) is 9.18 Å². The van der Waals surface area contributed by atoms with Gasteiger partial charge in [0.2, 0.25) is 0 Å². The summed E-state index contributed by atoms with van der Waals surface area (Å²) in [7, 11) is 1.32. The Kier molecular flexibility index (Phi) is 5.76. The van der Waals surface area contributed by atoms with E-state index in [0.717, 1.165) is 5.56 Å². The standard InChI is InChI=1S/C17H16FIO3/c1-11(17(20)21-2)13-8-9-14(15(18)16(13)19)22-10-12-6-4-3-5-7-12/h3-9,11H,10H2,1-2H3. The van der Waals surface area contributed by atoms with Crippen molar-refractivity contribution in [3.63, 3.8) is 0 Å². The predicted octanol–water partition coefficient (Wildman–Crippen LogP) is 4.29. The van der Waals surface area contributed by atoms with Gasteiger partial charge in [-0.2, -0.15) is 0 Å². The second kappa shape index (κ2) is 7.58. The van der Waals surface area contributed by atoms with Crippen molar-refractivity contribution in [3.05, 3.63) is 63.0 Å². The van der Waals surface area contributed by atoms with Crippen LogP contribution < -0.4 is 4.74 Å². The summed E-state index contributed by atoms with van der Waals surface area (Å²) in [5.74, 6) is -1.19. The highest BCUT2D eigenvalue weighted by atomic mass is 127. The van der Waals surface area contributed by atoms with Gasteiger partial charge in [-0.3, -0.25) is 4.79 Å². The first-order valence-electron chi connectivity index (χ1n) is 6.77. The maximum Gasteiger partial charge on any atom is 0.312 e. The fourth-order valence-corrected chi connectivity index (χ4v) is 2.94. The van der Waals surface area contributed by atoms with Crippen LogP contribution in [0.2, 0.25) is 0 Å². The van der Waals surface area contributed by atoms with E-state index in [1.807, 2.05) is 52.9 Å². The monoisotopic (exact) mass is 414 g/mol. The van der Waals surface area contributed by atoms with Gasteiger partial charge in [-0.1, -0.05) is 36.4 Å². The van der Waals surface area contributed by atoms with Crippen molar-refractivity contribution in [2.45, 2.75) is 19.4 Å². The molecule has 0 aromatic heterocycles. The molecule has 0 spiro atoms. The summed E-state index contributed by atoms with van der Waals surface area (Å²) in [5, 5.41) is 0. The summed E-state index contributed by atoms with van der Waals surface area (Å²) in [5.41, 5.74) is 1.56. The number of rotatable bonds is 5. The minimum Gasteiger partial charge on any atom is -0.486 e. The Balaban J connectivity index is 2.18. The maximum absolute atomic E-state index is 14.4. The van der Waals surface area contributed by atoms with Crippen LogP contribution in [0.5, 0.6) is 5.75 Å². The lowest BCUT2D eigenvalue weighted by Gasteiger charge is -2.14. The van der Waals surface area contributed by atoms with Crippen LogP contribution >= 0.6 is 22.6 Å². The molecule has 22 heavy (non-hydrogen) atoms. The molecule has 0 aliphatic carbocycles. The van der Waals surface area contributed by atoms with Crippen molar-refractivity contribution in [2.75, 3.05) is 7.11 Å². The Hall–Kier alpha value is -1.63. The van der Waals surface area contributed by atoms with E-state index < -0.39 is 17.7 Å². The van der Waals surface area contributed by atoms with Crippen molar-refractivity contribution in [3.8, 4) is 5.75 Å². The summed E-state index contributed by atoms with van der Waals surface area (Å²) in [4.78, 5) is 11.6. The molecule has 0 amide bonds. The molecule has 116 valence electrons. The quantitative estimate of drug-likeness (QED) is 0.541. The zero-order valence-corrected chi connectivity index (χ0v) is 14.5. The number of methoxy groups -OCH3 is 1. The number of carbonyl (C=O) groups is 1. The van der Waals surface area contributed by atoms with Crippen LogP contribution in [0.15, 0.2) is 42.5 Å². The third-order valence-electron chi connectivity index (χ3n) is 3.34. The number of esters is 1. The Bertz CT molecular complexity index is 658. The van der Waals surface area contributed by atoms with Crippen molar-refractivity contribution in [2.24, 2.45) is 0 Å². The number of hydrogen-bond acceptors (Lipinski definition) is 3. The number of benzene rings is 2. The Morgan fingerprint density at radius 1 is 1.23 bits per heavy atom. The molecule has 2 aromatic rings. The van der Waals surface area contributed by atoms with Crippen LogP contribution in [-0.4, -0.2) is 13.1 Å². The average Bonchev–Trinajstić information content (AvgIpc) is 2.56. The lowest BCUT2D eigenvalue weighted by atomic mass is 10.0. The number of ether oxygens (including phenoxy) is 2. The van der Waals surface area contributed by atoms with Crippen molar-refractivity contribution in [1.29, 1.82) is 0 Å². The molecule has 0 radical (unpaired) electrons. The molecule has 3 nitrogen and oxygen atoms in total. The van der Waals surface area contributed by atoms with Crippen LogP contribution in [0.25, 0.3) is 0 Å². The second-order valence-electron chi connectivity index (χ2n) is 4.80. The molecule has 0 N–H and O–H groups in total. The van der Waals surface area contributed by atoms with E-state index in [4.69, 9.17) is 9.47 Å². The highest BCUT2D eigenvalue weighted by molar-refractivity contribution is 14.1. The van der Waals surface area contributed by atoms with Crippen molar-refractivity contribution < 1.29 is 18.7 Å². The largest absolute Gasteiger partial charge is 0.486 e. The Labute approximate surface area is 142 Å². The Morgan fingerprint density at radius 3 is 2.55 bits per heavy atom. The van der Waals surface area contributed by atoms with E-state index in [-0.39, 0.29) is 5.75 Å². The molecular weight excluding hydrogens is 398 g/mol. The molecule has 0 fully saturated rings. The molecule has 1 atom stereocenters. The fraction of sp³-hybridized carbons (Fsp3) is 0.235. The summed E-state index contributed by atoms with van der Waals surface area (Å²) in [6.07, 6.45) is 0. The normalized spacial score (nSPS) is 11.8. The molecule has 0 aliphatic heterocycles. The Morgan fingerprint density at radius 2 is 1.91 bits per heavy atom. The minimum absolute atomic E-state index is 0.175. The first kappa shape index (κ1) is 16.7. The molecule has 0 heterocycles. The van der Waals surface area contributed by atoms with Gasteiger partial charge in [0.15, 0.2) is 11.6 Å². The highest BCUT2D eigenvalue weighted by Gasteiger charge is 2.22. The van der Waals surface area contributed by atoms with Gasteiger partial charge in [0, 0.05) is 0 Å². The number of carbonyl (C=O) groups excluding carboxylic acids is 1. The van der Waals surface area contributed by atoms with E-state index in [1.54, 1.807) is 19.1 Å². The van der Waals surface area contributed by atoms with Crippen LogP contribution in [0.1, 0.15) is 24.0 Å². The molecule has 0 saturated carbocycles. The van der Waals surface area contributed by atoms with Gasteiger partial charge in [-0.05, 0) is 46.7 Å². The van der Waals surface area contributed by atoms with Crippen LogP contribution in [-0.2, 0) is 16.1 Å². The van der Waals surface area contributed by atoms with Gasteiger partial charge in [0.1, 0.15) is 6.61 Å². The fourth-order valence-electron chi connectivity index (χ4n) is 2.03. The van der Waals surface area contributed by atoms with Gasteiger partial charge in [0.05, 0.1) is 16.6 Å². The van der Waals surface area contributed by atoms with Crippen molar-refractivity contribution >= 4 is 28.6 Å². The molecule has 5 heteroatoms. The molecule has 2 aromatic carbocycles. The first-order chi connectivity index (χ1) is 10.5. The van der Waals surface area contributed by atoms with Gasteiger partial charge >= 0.3 is 5.97 Å². The topological polar surface area (TPSA) is 35.5 Å². The summed E-state index contributed by atoms with van der Waals surface area (Å²) < 4.78 is 25.0. The van der Waals surface area contributed by atoms with Gasteiger partial charge in [0.25, 0.3) is 0 Å². The maximum atomic E-state index is 14.4. The predicted molar refractivity (Wildman–Crippen MR) is 90.3 cm³/mol. The lowest BCUT2D eigenvalue weighted by molar-refractivity contribution is -0.142. The van der Waals surface area contributed by atoms with Gasteiger partial charge in [-0.25, -0.2) is 4.39 Å². The summed E-state index contributed by atoms with van der Waals surface area (Å²) >= 11 is 1.89. The molecule has 0 aliphatic rings. The smallest absolute Gasteiger partial charge is 0.312 e. The third-order valence-corrected chi connectivity index (χ3v) is 4.43. The second-order valence-corrected chi connectivity index (χ2v) is 5.88. The molecule has 2 rings (SSSR count). The molecule has 0 bridgehead atoms. The molecule has 1 unspecified atom stereocenters. The van der Waals surface area contributed by atoms with E-state index in [0.29, 0.717) is 15.7 Å². The van der Waals surface area contributed by atoms with Crippen LogP contribution in [0, 0.1) is 9.39 Å². The third kappa shape index (κ3) is 3.76. The first-order valence-corrected chi connectivity index (χ1v) is 7.85. The molecule has 0 saturated heterocycles. The van der Waals surface area contributed by atoms with E-state index in [1.165, 1.54) is 7.11 Å². The van der Waals surface area contributed by atoms with Crippen LogP contribution in [0.3, 0.4) is 0 Å². The number of hydrogen-bond donors (Lipinski definition) is 0. The highest BCUT2D eigenvalue weighted by Crippen LogP contribution is 2.30. The van der Waals surface area contributed by atoms with Crippen molar-refractivity contribution in [1.82, 2.24) is 0 Å². The zero-order chi connectivity index (χ0) is 16.1. The SMILES string of the molecule is COC(=O)C(C)c1ccc(OCc2ccccc2)c(F)c1I. The van der Waals surface area contributed by atoms with E-state index >= 15 is 0 Å². The summed E-state index contributed by atoms with van der Waals surface area (Å²) in [6, 6.07) is 12.8. The zero-order valence-electron chi connectivity index (χ0n) is 12.3. The lowest BCUT2D eigenvalue weighted by Crippen LogP contribution is -2.13. The van der Waals surface area contributed by atoms with E-state index in [2.05, 4.69) is 0 Å². The number of halogens is 2. The van der Waals surface area contributed by atoms with Crippen LogP contribution in [0.4, 0.5) is 4.39 Å².